The number of anilines is 2. The van der Waals surface area contributed by atoms with E-state index in [9.17, 15) is 14.3 Å². The molecule has 2 heterocycles. The number of fused-ring (bicyclic) bond motifs is 1. The lowest BCUT2D eigenvalue weighted by molar-refractivity contribution is -0.137. The number of carboxylic acid groups (broad SMARTS) is 1. The van der Waals surface area contributed by atoms with E-state index in [1.807, 2.05) is 61.7 Å². The average Bonchev–Trinajstić information content (AvgIpc) is 3.55. The van der Waals surface area contributed by atoms with Crippen LogP contribution in [0.2, 0.25) is 0 Å². The Labute approximate surface area is 220 Å². The molecule has 0 fully saturated rings. The van der Waals surface area contributed by atoms with E-state index in [-0.39, 0.29) is 5.82 Å². The Kier molecular flexibility index (Phi) is 7.13. The fourth-order valence-corrected chi connectivity index (χ4v) is 4.66. The van der Waals surface area contributed by atoms with Gasteiger partial charge in [-0.05, 0) is 71.5 Å². The van der Waals surface area contributed by atoms with Crippen LogP contribution in [0.4, 0.5) is 16.0 Å². The van der Waals surface area contributed by atoms with Crippen molar-refractivity contribution in [2.24, 2.45) is 0 Å². The third kappa shape index (κ3) is 5.54. The highest BCUT2D eigenvalue weighted by atomic mass is 19.1. The van der Waals surface area contributed by atoms with E-state index in [4.69, 9.17) is 0 Å². The van der Waals surface area contributed by atoms with E-state index in [0.717, 1.165) is 44.9 Å². The molecule has 8 heteroatoms. The van der Waals surface area contributed by atoms with Crippen LogP contribution in [0.3, 0.4) is 0 Å². The van der Waals surface area contributed by atoms with Gasteiger partial charge in [-0.1, -0.05) is 43.3 Å². The largest absolute Gasteiger partial charge is 0.480 e. The second-order valence-electron chi connectivity index (χ2n) is 9.42. The van der Waals surface area contributed by atoms with Crippen LogP contribution in [-0.2, 0) is 24.2 Å². The number of imidazole rings is 1. The number of hydrogen-bond donors (Lipinski definition) is 5. The SMILES string of the molecule is CCc1cc(F)cc(C)c1NC(Cc1ccc(-c2cc(CNc3nc4ccccc4[nH]3)c[nH]2)cc1)C(=O)O. The molecule has 0 spiro atoms. The monoisotopic (exact) mass is 511 g/mol. The minimum absolute atomic E-state index is 0.299. The number of para-hydroxylation sites is 2. The Morgan fingerprint density at radius 1 is 1.08 bits per heavy atom. The molecule has 38 heavy (non-hydrogen) atoms. The number of nitrogens with zero attached hydrogens (tertiary/aromatic N) is 1. The molecule has 0 saturated carbocycles. The topological polar surface area (TPSA) is 106 Å². The van der Waals surface area contributed by atoms with Crippen LogP contribution in [-0.4, -0.2) is 32.1 Å². The van der Waals surface area contributed by atoms with Crippen molar-refractivity contribution in [2.45, 2.75) is 39.3 Å². The minimum Gasteiger partial charge on any atom is -0.480 e. The van der Waals surface area contributed by atoms with Gasteiger partial charge < -0.3 is 25.7 Å². The molecule has 0 saturated heterocycles. The lowest BCUT2D eigenvalue weighted by atomic mass is 10.0. The van der Waals surface area contributed by atoms with Gasteiger partial charge in [0.15, 0.2) is 0 Å². The zero-order valence-electron chi connectivity index (χ0n) is 21.3. The summed E-state index contributed by atoms with van der Waals surface area (Å²) in [5.74, 6) is -0.544. The Balaban J connectivity index is 1.24. The maximum Gasteiger partial charge on any atom is 0.326 e. The molecule has 2 aromatic heterocycles. The third-order valence-corrected chi connectivity index (χ3v) is 6.68. The lowest BCUT2D eigenvalue weighted by Gasteiger charge is -2.20. The molecule has 1 unspecified atom stereocenters. The summed E-state index contributed by atoms with van der Waals surface area (Å²) in [6.45, 7) is 4.33. The molecule has 0 aliphatic carbocycles. The first-order valence-corrected chi connectivity index (χ1v) is 12.6. The Morgan fingerprint density at radius 3 is 2.61 bits per heavy atom. The van der Waals surface area contributed by atoms with Gasteiger partial charge in [0.2, 0.25) is 5.95 Å². The number of hydrogen-bond acceptors (Lipinski definition) is 4. The summed E-state index contributed by atoms with van der Waals surface area (Å²) < 4.78 is 13.8. The van der Waals surface area contributed by atoms with E-state index >= 15 is 0 Å². The van der Waals surface area contributed by atoms with Crippen molar-refractivity contribution in [3.05, 3.63) is 101 Å². The number of carbonyl (C=O) groups is 1. The maximum atomic E-state index is 13.8. The van der Waals surface area contributed by atoms with Crippen LogP contribution in [0.15, 0.2) is 72.9 Å². The van der Waals surface area contributed by atoms with Gasteiger partial charge in [-0.25, -0.2) is 14.2 Å². The van der Waals surface area contributed by atoms with Gasteiger partial charge in [0, 0.05) is 30.5 Å². The number of carboxylic acids is 1. The van der Waals surface area contributed by atoms with Crippen LogP contribution in [0, 0.1) is 12.7 Å². The standard InChI is InChI=1S/C30H30FN5O2/c1-3-21-15-23(31)12-18(2)28(21)34-27(29(37)38)13-19-8-10-22(11-9-19)26-14-20(16-32-26)17-33-30-35-24-6-4-5-7-25(24)36-30/h4-12,14-16,27,32,34H,3,13,17H2,1-2H3,(H,37,38)(H2,33,35,36). The molecule has 5 aromatic rings. The first kappa shape index (κ1) is 25.1. The van der Waals surface area contributed by atoms with E-state index < -0.39 is 12.0 Å². The number of aromatic nitrogens is 3. The van der Waals surface area contributed by atoms with Gasteiger partial charge in [-0.3, -0.25) is 0 Å². The second-order valence-corrected chi connectivity index (χ2v) is 9.42. The quantitative estimate of drug-likeness (QED) is 0.152. The number of H-pyrrole nitrogens is 2. The second kappa shape index (κ2) is 10.8. The van der Waals surface area contributed by atoms with Crippen molar-refractivity contribution in [1.29, 1.82) is 0 Å². The molecule has 0 amide bonds. The van der Waals surface area contributed by atoms with Gasteiger partial charge in [0.05, 0.1) is 11.0 Å². The zero-order valence-corrected chi connectivity index (χ0v) is 21.3. The first-order chi connectivity index (χ1) is 18.4. The Morgan fingerprint density at radius 2 is 1.87 bits per heavy atom. The average molecular weight is 512 g/mol. The molecule has 0 aliphatic heterocycles. The number of halogens is 1. The number of benzene rings is 3. The molecule has 1 atom stereocenters. The van der Waals surface area contributed by atoms with Crippen molar-refractivity contribution in [3.8, 4) is 11.3 Å². The van der Waals surface area contributed by atoms with Crippen LogP contribution in [0.5, 0.6) is 0 Å². The van der Waals surface area contributed by atoms with Gasteiger partial charge >= 0.3 is 5.97 Å². The van der Waals surface area contributed by atoms with Crippen molar-refractivity contribution in [1.82, 2.24) is 15.0 Å². The first-order valence-electron chi connectivity index (χ1n) is 12.6. The summed E-state index contributed by atoms with van der Waals surface area (Å²) in [5, 5.41) is 16.3. The minimum atomic E-state index is -0.953. The molecule has 194 valence electrons. The summed E-state index contributed by atoms with van der Waals surface area (Å²) in [6, 6.07) is 19.9. The molecule has 0 bridgehead atoms. The molecule has 7 nitrogen and oxygen atoms in total. The molecule has 5 N–H and O–H groups in total. The van der Waals surface area contributed by atoms with Crippen molar-refractivity contribution < 1.29 is 14.3 Å². The number of aliphatic carboxylic acids is 1. The molecular formula is C30H30FN5O2. The highest BCUT2D eigenvalue weighted by Crippen LogP contribution is 2.26. The third-order valence-electron chi connectivity index (χ3n) is 6.68. The zero-order chi connectivity index (χ0) is 26.6. The lowest BCUT2D eigenvalue weighted by Crippen LogP contribution is -2.32. The van der Waals surface area contributed by atoms with Crippen LogP contribution in [0.25, 0.3) is 22.3 Å². The maximum absolute atomic E-state index is 13.8. The Bertz CT molecular complexity index is 1540. The Hall–Kier alpha value is -4.59. The molecular weight excluding hydrogens is 481 g/mol. The van der Waals surface area contributed by atoms with E-state index in [2.05, 4.69) is 31.7 Å². The predicted octanol–water partition coefficient (Wildman–Crippen LogP) is 6.29. The van der Waals surface area contributed by atoms with Gasteiger partial charge in [-0.15, -0.1) is 0 Å². The normalized spacial score (nSPS) is 12.0. The number of rotatable bonds is 10. The van der Waals surface area contributed by atoms with Crippen molar-refractivity contribution in [2.75, 3.05) is 10.6 Å². The highest BCUT2D eigenvalue weighted by molar-refractivity contribution is 5.79. The van der Waals surface area contributed by atoms with E-state index in [1.54, 1.807) is 6.92 Å². The van der Waals surface area contributed by atoms with Crippen LogP contribution in [0.1, 0.15) is 29.2 Å². The molecule has 0 aliphatic rings. The number of aryl methyl sites for hydroxylation is 2. The molecule has 3 aromatic carbocycles. The summed E-state index contributed by atoms with van der Waals surface area (Å²) in [5.41, 5.74) is 8.01. The van der Waals surface area contributed by atoms with Gasteiger partial charge in [-0.2, -0.15) is 0 Å². The summed E-state index contributed by atoms with van der Waals surface area (Å²) >= 11 is 0. The van der Waals surface area contributed by atoms with Crippen molar-refractivity contribution in [3.63, 3.8) is 0 Å². The highest BCUT2D eigenvalue weighted by Gasteiger charge is 2.20. The van der Waals surface area contributed by atoms with Crippen LogP contribution < -0.4 is 10.6 Å². The molecule has 5 rings (SSSR count). The van der Waals surface area contributed by atoms with Gasteiger partial charge in [0.1, 0.15) is 11.9 Å². The van der Waals surface area contributed by atoms with Crippen molar-refractivity contribution >= 4 is 28.6 Å². The molecule has 0 radical (unpaired) electrons. The van der Waals surface area contributed by atoms with Gasteiger partial charge in [0.25, 0.3) is 0 Å². The summed E-state index contributed by atoms with van der Waals surface area (Å²) in [7, 11) is 0. The van der Waals surface area contributed by atoms with Crippen LogP contribution >= 0.6 is 0 Å². The fourth-order valence-electron chi connectivity index (χ4n) is 4.66. The number of nitrogens with one attached hydrogen (secondary N) is 4. The number of aromatic amines is 2. The smallest absolute Gasteiger partial charge is 0.326 e. The predicted molar refractivity (Wildman–Crippen MR) is 149 cm³/mol. The summed E-state index contributed by atoms with van der Waals surface area (Å²) in [4.78, 5) is 23.2. The van der Waals surface area contributed by atoms with E-state index in [0.29, 0.717) is 30.6 Å². The van der Waals surface area contributed by atoms with E-state index in [1.165, 1.54) is 12.1 Å². The fraction of sp³-hybridized carbons (Fsp3) is 0.200. The summed E-state index contributed by atoms with van der Waals surface area (Å²) in [6.07, 6.45) is 2.86.